The number of hydrogen-bond acceptors (Lipinski definition) is 6. The molecule has 34 heavy (non-hydrogen) atoms. The van der Waals surface area contributed by atoms with Crippen molar-refractivity contribution in [3.05, 3.63) is 89.5 Å². The minimum atomic E-state index is -4.72. The van der Waals surface area contributed by atoms with Crippen LogP contribution in [-0.4, -0.2) is 27.6 Å². The van der Waals surface area contributed by atoms with E-state index in [9.17, 15) is 26.4 Å². The molecule has 7 nitrogen and oxygen atoms in total. The second kappa shape index (κ2) is 10.4. The number of methoxy groups -OCH3 is 1. The molecule has 0 bridgehead atoms. The molecule has 0 fully saturated rings. The second-order valence-corrected chi connectivity index (χ2v) is 8.44. The lowest BCUT2D eigenvalue weighted by molar-refractivity contribution is -0.137. The minimum Gasteiger partial charge on any atom is -0.497 e. The van der Waals surface area contributed by atoms with Crippen molar-refractivity contribution in [3.63, 3.8) is 0 Å². The lowest BCUT2D eigenvalue weighted by Gasteiger charge is -2.12. The van der Waals surface area contributed by atoms with E-state index in [1.165, 1.54) is 31.4 Å². The van der Waals surface area contributed by atoms with E-state index >= 15 is 0 Å². The molecule has 0 aromatic heterocycles. The molecule has 0 saturated heterocycles. The van der Waals surface area contributed by atoms with Crippen LogP contribution in [-0.2, 0) is 27.5 Å². The molecule has 11 heteroatoms. The molecule has 3 rings (SSSR count). The van der Waals surface area contributed by atoms with E-state index in [1.54, 1.807) is 30.3 Å². The van der Waals surface area contributed by atoms with Crippen molar-refractivity contribution >= 4 is 22.2 Å². The van der Waals surface area contributed by atoms with E-state index in [0.717, 1.165) is 12.3 Å². The van der Waals surface area contributed by atoms with Crippen LogP contribution in [0.25, 0.3) is 0 Å². The number of carbonyl (C=O) groups is 1. The molecule has 0 aliphatic heterocycles. The van der Waals surface area contributed by atoms with Gasteiger partial charge in [-0.25, -0.2) is 5.43 Å². The Morgan fingerprint density at radius 1 is 1.00 bits per heavy atom. The molecule has 0 atom stereocenters. The van der Waals surface area contributed by atoms with Gasteiger partial charge in [-0.1, -0.05) is 30.3 Å². The van der Waals surface area contributed by atoms with Crippen LogP contribution in [0.15, 0.2) is 82.8 Å². The summed E-state index contributed by atoms with van der Waals surface area (Å²) in [5.74, 6) is -0.0377. The molecule has 0 aliphatic rings. The number of hydrogen-bond donors (Lipinski definition) is 1. The van der Waals surface area contributed by atoms with E-state index in [-0.39, 0.29) is 12.2 Å². The smallest absolute Gasteiger partial charge is 0.416 e. The summed E-state index contributed by atoms with van der Waals surface area (Å²) in [7, 11) is -3.02. The number of ether oxygens (including phenoxy) is 1. The number of rotatable bonds is 8. The van der Waals surface area contributed by atoms with Crippen molar-refractivity contribution in [3.8, 4) is 11.5 Å². The fourth-order valence-corrected chi connectivity index (χ4v) is 3.97. The largest absolute Gasteiger partial charge is 0.497 e. The van der Waals surface area contributed by atoms with Crippen LogP contribution >= 0.6 is 0 Å². The highest BCUT2D eigenvalue weighted by atomic mass is 32.2. The molecule has 0 aliphatic carbocycles. The molecule has 0 heterocycles. The van der Waals surface area contributed by atoms with Crippen LogP contribution in [0.4, 0.5) is 13.2 Å². The number of nitrogens with zero attached hydrogens (tertiary/aromatic N) is 1. The molecule has 3 aromatic rings. The van der Waals surface area contributed by atoms with Crippen LogP contribution in [0.3, 0.4) is 0 Å². The Labute approximate surface area is 194 Å². The van der Waals surface area contributed by atoms with E-state index in [4.69, 9.17) is 8.92 Å². The SMILES string of the molecule is COc1cccc(CC(=O)N/N=C/c2cc(C(F)(F)F)ccc2S(=O)(=O)Oc2ccccc2)c1. The van der Waals surface area contributed by atoms with Gasteiger partial charge in [0, 0.05) is 5.56 Å². The van der Waals surface area contributed by atoms with E-state index in [1.807, 2.05) is 0 Å². The first-order valence-corrected chi connectivity index (χ1v) is 11.1. The number of hydrazone groups is 1. The maximum Gasteiger partial charge on any atom is 0.416 e. The molecule has 0 unspecified atom stereocenters. The number of nitrogens with one attached hydrogen (secondary N) is 1. The van der Waals surface area contributed by atoms with Gasteiger partial charge in [-0.3, -0.25) is 4.79 Å². The summed E-state index contributed by atoms with van der Waals surface area (Å²) in [5.41, 5.74) is 1.30. The maximum absolute atomic E-state index is 13.2. The Morgan fingerprint density at radius 2 is 1.71 bits per heavy atom. The minimum absolute atomic E-state index is 0.0168. The van der Waals surface area contributed by atoms with Gasteiger partial charge in [0.1, 0.15) is 16.4 Å². The summed E-state index contributed by atoms with van der Waals surface area (Å²) in [6.45, 7) is 0. The summed E-state index contributed by atoms with van der Waals surface area (Å²) in [6, 6.07) is 16.2. The standard InChI is InChI=1S/C23H19F3N2O5S/c1-32-20-9-5-6-16(12-20)13-22(29)28-27-15-17-14-18(23(24,25)26)10-11-21(17)34(30,31)33-19-7-3-2-4-8-19/h2-12,14-15H,13H2,1H3,(H,28,29)/b27-15+. The van der Waals surface area contributed by atoms with Crippen molar-refractivity contribution in [2.45, 2.75) is 17.5 Å². The van der Waals surface area contributed by atoms with Gasteiger partial charge in [0.05, 0.1) is 25.3 Å². The normalized spacial score (nSPS) is 11.9. The number of alkyl halides is 3. The average Bonchev–Trinajstić information content (AvgIpc) is 2.79. The summed E-state index contributed by atoms with van der Waals surface area (Å²) in [5, 5.41) is 3.64. The third-order valence-electron chi connectivity index (χ3n) is 4.45. The lowest BCUT2D eigenvalue weighted by Crippen LogP contribution is -2.20. The molecule has 0 saturated carbocycles. The summed E-state index contributed by atoms with van der Waals surface area (Å²) < 4.78 is 75.1. The van der Waals surface area contributed by atoms with Gasteiger partial charge in [-0.15, -0.1) is 0 Å². The summed E-state index contributed by atoms with van der Waals surface area (Å²) >= 11 is 0. The van der Waals surface area contributed by atoms with Gasteiger partial charge in [-0.05, 0) is 48.0 Å². The number of amides is 1. The fourth-order valence-electron chi connectivity index (χ4n) is 2.88. The Balaban J connectivity index is 1.84. The third kappa shape index (κ3) is 6.58. The molecular formula is C23H19F3N2O5S. The first-order valence-electron chi connectivity index (χ1n) is 9.74. The van der Waals surface area contributed by atoms with Crippen LogP contribution < -0.4 is 14.3 Å². The maximum atomic E-state index is 13.2. The summed E-state index contributed by atoms with van der Waals surface area (Å²) in [6.07, 6.45) is -3.99. The quantitative estimate of drug-likeness (QED) is 0.289. The third-order valence-corrected chi connectivity index (χ3v) is 5.77. The first-order chi connectivity index (χ1) is 16.1. The molecule has 0 radical (unpaired) electrons. The topological polar surface area (TPSA) is 94.1 Å². The van der Waals surface area contributed by atoms with Crippen LogP contribution in [0.5, 0.6) is 11.5 Å². The van der Waals surface area contributed by atoms with Crippen LogP contribution in [0, 0.1) is 0 Å². The van der Waals surface area contributed by atoms with E-state index in [2.05, 4.69) is 10.5 Å². The number of halogens is 3. The highest BCUT2D eigenvalue weighted by Crippen LogP contribution is 2.32. The van der Waals surface area contributed by atoms with E-state index in [0.29, 0.717) is 23.4 Å². The fraction of sp³-hybridized carbons (Fsp3) is 0.130. The van der Waals surface area contributed by atoms with Crippen molar-refractivity contribution < 1.29 is 35.3 Å². The van der Waals surface area contributed by atoms with Crippen molar-refractivity contribution in [1.82, 2.24) is 5.43 Å². The number of para-hydroxylation sites is 1. The van der Waals surface area contributed by atoms with Gasteiger partial charge in [0.15, 0.2) is 0 Å². The lowest BCUT2D eigenvalue weighted by atomic mass is 10.1. The van der Waals surface area contributed by atoms with Gasteiger partial charge in [0.25, 0.3) is 0 Å². The zero-order valence-electron chi connectivity index (χ0n) is 17.7. The average molecular weight is 492 g/mol. The Bertz CT molecular complexity index is 1290. The second-order valence-electron chi connectivity index (χ2n) is 6.92. The molecule has 3 aromatic carbocycles. The number of carbonyl (C=O) groups excluding carboxylic acids is 1. The van der Waals surface area contributed by atoms with Gasteiger partial charge >= 0.3 is 16.3 Å². The van der Waals surface area contributed by atoms with E-state index < -0.39 is 38.2 Å². The summed E-state index contributed by atoms with van der Waals surface area (Å²) in [4.78, 5) is 11.6. The highest BCUT2D eigenvalue weighted by Gasteiger charge is 2.32. The molecule has 178 valence electrons. The molecule has 1 amide bonds. The van der Waals surface area contributed by atoms with Gasteiger partial charge in [-0.2, -0.15) is 26.7 Å². The molecular weight excluding hydrogens is 473 g/mol. The monoisotopic (exact) mass is 492 g/mol. The zero-order chi connectivity index (χ0) is 24.8. The zero-order valence-corrected chi connectivity index (χ0v) is 18.6. The van der Waals surface area contributed by atoms with Gasteiger partial charge in [0.2, 0.25) is 5.91 Å². The number of benzene rings is 3. The molecule has 1 N–H and O–H groups in total. The van der Waals surface area contributed by atoms with Crippen LogP contribution in [0.2, 0.25) is 0 Å². The highest BCUT2D eigenvalue weighted by molar-refractivity contribution is 7.87. The first kappa shape index (κ1) is 24.8. The Kier molecular flexibility index (Phi) is 7.57. The van der Waals surface area contributed by atoms with Gasteiger partial charge < -0.3 is 8.92 Å². The predicted molar refractivity (Wildman–Crippen MR) is 118 cm³/mol. The van der Waals surface area contributed by atoms with Crippen molar-refractivity contribution in [2.24, 2.45) is 5.10 Å². The van der Waals surface area contributed by atoms with Crippen molar-refractivity contribution in [1.29, 1.82) is 0 Å². The van der Waals surface area contributed by atoms with Crippen molar-refractivity contribution in [2.75, 3.05) is 7.11 Å². The Hall–Kier alpha value is -3.86. The Morgan fingerprint density at radius 3 is 2.38 bits per heavy atom. The predicted octanol–water partition coefficient (Wildman–Crippen LogP) is 4.17. The van der Waals surface area contributed by atoms with Crippen LogP contribution in [0.1, 0.15) is 16.7 Å². The molecule has 0 spiro atoms.